The number of alkyl halides is 6. The number of ether oxygens (including phenoxy) is 3. The fourth-order valence-electron chi connectivity index (χ4n) is 4.78. The third-order valence-electron chi connectivity index (χ3n) is 7.68. The third-order valence-corrected chi connectivity index (χ3v) is 7.68. The molecule has 0 aromatic carbocycles. The van der Waals surface area contributed by atoms with Crippen molar-refractivity contribution in [2.45, 2.75) is 149 Å². The molecule has 0 saturated heterocycles. The van der Waals surface area contributed by atoms with Gasteiger partial charge in [0.2, 0.25) is 0 Å². The first-order chi connectivity index (χ1) is 17.6. The van der Waals surface area contributed by atoms with Crippen LogP contribution in [0.5, 0.6) is 0 Å². The van der Waals surface area contributed by atoms with Gasteiger partial charge in [-0.15, -0.1) is 0 Å². The Balaban J connectivity index is 6.72. The monoisotopic (exact) mass is 608 g/mol. The van der Waals surface area contributed by atoms with E-state index < -0.39 is 63.3 Å². The molecule has 0 spiro atoms. The largest absolute Gasteiger partial charge is 0.462 e. The molecule has 12 heteroatoms. The van der Waals surface area contributed by atoms with Gasteiger partial charge in [-0.05, 0) is 100 Å². The average molecular weight is 609 g/mol. The Hall–Kier alpha value is -1.37. The number of halogens is 6. The van der Waals surface area contributed by atoms with Crippen LogP contribution in [0.15, 0.2) is 12.2 Å². The first-order valence-corrected chi connectivity index (χ1v) is 13.4. The smallest absolute Gasteiger partial charge is 0.429 e. The van der Waals surface area contributed by atoms with Crippen LogP contribution in [0.4, 0.5) is 26.3 Å². The molecule has 0 aliphatic heterocycles. The number of rotatable bonds is 14. The molecule has 0 amide bonds. The zero-order chi connectivity index (χ0) is 33.5. The Labute approximate surface area is 240 Å². The van der Waals surface area contributed by atoms with Gasteiger partial charge in [-0.1, -0.05) is 20.4 Å². The minimum atomic E-state index is -6.10. The summed E-state index contributed by atoms with van der Waals surface area (Å²) in [4.78, 5) is 12.0. The molecular formula is C29H50F6O6. The maximum absolute atomic E-state index is 13.8. The van der Waals surface area contributed by atoms with Gasteiger partial charge in [-0.25, -0.2) is 4.79 Å². The van der Waals surface area contributed by atoms with Crippen LogP contribution in [0, 0.1) is 11.3 Å². The Morgan fingerprint density at radius 1 is 0.732 bits per heavy atom. The maximum atomic E-state index is 13.8. The van der Waals surface area contributed by atoms with Gasteiger partial charge in [0.15, 0.2) is 0 Å². The van der Waals surface area contributed by atoms with Crippen LogP contribution in [-0.2, 0) is 19.0 Å². The standard InChI is InChI=1S/C29H50F6O6/c1-18(2)20(36)39-17-21(3,4)15-19(16-22(5,6)40-25(11,12)24(9,10)37)23(7,8)41-26(13,14)27(38,28(30,31)32)29(33,34)35/h19,37-38H,1,15-17H2,2-14H3. The highest BCUT2D eigenvalue weighted by atomic mass is 19.4. The molecule has 244 valence electrons. The van der Waals surface area contributed by atoms with Crippen molar-refractivity contribution < 1.29 is 55.6 Å². The quantitative estimate of drug-likeness (QED) is 0.122. The van der Waals surface area contributed by atoms with E-state index in [1.807, 2.05) is 0 Å². The van der Waals surface area contributed by atoms with E-state index in [2.05, 4.69) is 6.58 Å². The Kier molecular flexibility index (Phi) is 11.6. The van der Waals surface area contributed by atoms with E-state index in [4.69, 9.17) is 14.2 Å². The van der Waals surface area contributed by atoms with Crippen molar-refractivity contribution in [2.24, 2.45) is 11.3 Å². The van der Waals surface area contributed by atoms with Crippen LogP contribution in [0.2, 0.25) is 0 Å². The summed E-state index contributed by atoms with van der Waals surface area (Å²) < 4.78 is 100. The van der Waals surface area contributed by atoms with E-state index >= 15 is 0 Å². The molecule has 2 N–H and O–H groups in total. The molecule has 0 aliphatic rings. The van der Waals surface area contributed by atoms with Crippen molar-refractivity contribution in [1.29, 1.82) is 0 Å². The molecule has 0 saturated carbocycles. The summed E-state index contributed by atoms with van der Waals surface area (Å²) in [5.41, 5.74) is -14.2. The fraction of sp³-hybridized carbons (Fsp3) is 0.897. The van der Waals surface area contributed by atoms with Crippen molar-refractivity contribution in [1.82, 2.24) is 0 Å². The highest BCUT2D eigenvalue weighted by Crippen LogP contribution is 2.53. The van der Waals surface area contributed by atoms with Gasteiger partial charge in [0.1, 0.15) is 5.60 Å². The molecule has 1 unspecified atom stereocenters. The molecule has 0 aromatic heterocycles. The summed E-state index contributed by atoms with van der Waals surface area (Å²) >= 11 is 0. The second-order valence-electron chi connectivity index (χ2n) is 14.5. The molecule has 0 radical (unpaired) electrons. The summed E-state index contributed by atoms with van der Waals surface area (Å²) in [7, 11) is 0. The first-order valence-electron chi connectivity index (χ1n) is 13.4. The minimum absolute atomic E-state index is 0.0456. The second kappa shape index (κ2) is 12.0. The van der Waals surface area contributed by atoms with Crippen molar-refractivity contribution in [3.05, 3.63) is 12.2 Å². The van der Waals surface area contributed by atoms with Gasteiger partial charge in [0, 0.05) is 5.57 Å². The summed E-state index contributed by atoms with van der Waals surface area (Å²) in [6, 6.07) is 0. The van der Waals surface area contributed by atoms with Crippen LogP contribution in [-0.4, -0.2) is 68.7 Å². The zero-order valence-electron chi connectivity index (χ0n) is 26.7. The fourth-order valence-corrected chi connectivity index (χ4v) is 4.78. The molecule has 0 heterocycles. The van der Waals surface area contributed by atoms with E-state index in [0.717, 1.165) is 0 Å². The van der Waals surface area contributed by atoms with Crippen molar-refractivity contribution in [2.75, 3.05) is 6.61 Å². The van der Waals surface area contributed by atoms with E-state index in [-0.39, 0.29) is 25.0 Å². The average Bonchev–Trinajstić information content (AvgIpc) is 2.66. The third kappa shape index (κ3) is 9.83. The topological polar surface area (TPSA) is 85.2 Å². The van der Waals surface area contributed by atoms with Crippen LogP contribution in [0.25, 0.3) is 0 Å². The van der Waals surface area contributed by atoms with Gasteiger partial charge in [0.25, 0.3) is 5.60 Å². The lowest BCUT2D eigenvalue weighted by Crippen LogP contribution is -2.71. The molecule has 41 heavy (non-hydrogen) atoms. The number of hydrogen-bond acceptors (Lipinski definition) is 6. The SMILES string of the molecule is C=C(C)C(=O)OCC(C)(C)CC(CC(C)(C)OC(C)(C)C(C)(C)O)C(C)(C)OC(C)(C)C(O)(C(F)(F)F)C(F)(F)F. The maximum Gasteiger partial charge on any atom is 0.429 e. The van der Waals surface area contributed by atoms with E-state index in [9.17, 15) is 41.4 Å². The number of carbonyl (C=O) groups is 1. The van der Waals surface area contributed by atoms with Gasteiger partial charge in [0.05, 0.1) is 29.0 Å². The highest BCUT2D eigenvalue weighted by Gasteiger charge is 2.78. The Morgan fingerprint density at radius 2 is 1.15 bits per heavy atom. The van der Waals surface area contributed by atoms with E-state index in [1.165, 1.54) is 20.8 Å². The predicted molar refractivity (Wildman–Crippen MR) is 144 cm³/mol. The normalized spacial score (nSPS) is 16.0. The van der Waals surface area contributed by atoms with Gasteiger partial charge in [-0.3, -0.25) is 0 Å². The van der Waals surface area contributed by atoms with Gasteiger partial charge >= 0.3 is 18.3 Å². The molecule has 1 atom stereocenters. The lowest BCUT2D eigenvalue weighted by atomic mass is 9.71. The number of aliphatic hydroxyl groups is 2. The van der Waals surface area contributed by atoms with Crippen LogP contribution < -0.4 is 0 Å². The van der Waals surface area contributed by atoms with Gasteiger partial charge in [-0.2, -0.15) is 26.3 Å². The highest BCUT2D eigenvalue weighted by molar-refractivity contribution is 5.86. The number of carbonyl (C=O) groups excluding carboxylic acids is 1. The molecule has 0 fully saturated rings. The molecular weight excluding hydrogens is 558 g/mol. The van der Waals surface area contributed by atoms with Crippen molar-refractivity contribution in [3.8, 4) is 0 Å². The summed E-state index contributed by atoms with van der Waals surface area (Å²) in [6.07, 6.45) is -12.1. The zero-order valence-corrected chi connectivity index (χ0v) is 26.7. The summed E-state index contributed by atoms with van der Waals surface area (Å²) in [5.74, 6) is -1.46. The molecule has 0 aliphatic carbocycles. The molecule has 0 rings (SSSR count). The van der Waals surface area contributed by atoms with Crippen molar-refractivity contribution >= 4 is 5.97 Å². The lowest BCUT2D eigenvalue weighted by Gasteiger charge is -2.51. The molecule has 0 aromatic rings. The minimum Gasteiger partial charge on any atom is -0.462 e. The van der Waals surface area contributed by atoms with Crippen LogP contribution in [0.1, 0.15) is 103 Å². The predicted octanol–water partition coefficient (Wildman–Crippen LogP) is 7.30. The Morgan fingerprint density at radius 3 is 1.49 bits per heavy atom. The molecule has 6 nitrogen and oxygen atoms in total. The number of esters is 1. The Bertz CT molecular complexity index is 910. The first kappa shape index (κ1) is 39.6. The van der Waals surface area contributed by atoms with E-state index in [0.29, 0.717) is 13.8 Å². The van der Waals surface area contributed by atoms with Crippen molar-refractivity contribution in [3.63, 3.8) is 0 Å². The van der Waals surface area contributed by atoms with Crippen LogP contribution in [0.3, 0.4) is 0 Å². The number of hydrogen-bond donors (Lipinski definition) is 2. The molecule has 0 bridgehead atoms. The van der Waals surface area contributed by atoms with Crippen LogP contribution >= 0.6 is 0 Å². The van der Waals surface area contributed by atoms with E-state index in [1.54, 1.807) is 55.4 Å². The second-order valence-corrected chi connectivity index (χ2v) is 14.5. The lowest BCUT2D eigenvalue weighted by molar-refractivity contribution is -0.421. The van der Waals surface area contributed by atoms with Gasteiger partial charge < -0.3 is 24.4 Å². The summed E-state index contributed by atoms with van der Waals surface area (Å²) in [6.45, 7) is 21.9. The summed E-state index contributed by atoms with van der Waals surface area (Å²) in [5, 5.41) is 20.8.